The summed E-state index contributed by atoms with van der Waals surface area (Å²) in [5.74, 6) is -0.591. The Bertz CT molecular complexity index is 407. The lowest BCUT2D eigenvalue weighted by molar-refractivity contribution is 0.144. The third-order valence-electron chi connectivity index (χ3n) is 1.22. The number of hydrogen-bond donors (Lipinski definition) is 4. The number of carboxylic acid groups (broad SMARTS) is 1. The smallest absolute Gasteiger partial charge is 0.449 e. The van der Waals surface area contributed by atoms with Gasteiger partial charge >= 0.3 is 12.2 Å². The van der Waals surface area contributed by atoms with Crippen molar-refractivity contribution in [3.8, 4) is 5.75 Å². The van der Waals surface area contributed by atoms with Crippen LogP contribution in [-0.2, 0) is 0 Å². The molecule has 0 aliphatic heterocycles. The van der Waals surface area contributed by atoms with Crippen LogP contribution in [0.2, 0.25) is 0 Å². The van der Waals surface area contributed by atoms with Crippen LogP contribution >= 0.6 is 0 Å². The van der Waals surface area contributed by atoms with Gasteiger partial charge in [0.1, 0.15) is 0 Å². The molecule has 2 amide bonds. The van der Waals surface area contributed by atoms with Crippen molar-refractivity contribution in [3.63, 3.8) is 0 Å². The number of primary amides is 1. The first-order valence-corrected chi connectivity index (χ1v) is 3.59. The molecule has 0 aliphatic carbocycles. The van der Waals surface area contributed by atoms with Gasteiger partial charge in [0.15, 0.2) is 11.6 Å². The van der Waals surface area contributed by atoms with E-state index >= 15 is 0 Å². The zero-order valence-electron chi connectivity index (χ0n) is 7.30. The molecule has 6 N–H and O–H groups in total. The zero-order valence-corrected chi connectivity index (χ0v) is 7.30. The van der Waals surface area contributed by atoms with Crippen molar-refractivity contribution < 1.29 is 19.4 Å². The van der Waals surface area contributed by atoms with E-state index < -0.39 is 12.2 Å². The molecule has 0 spiro atoms. The van der Waals surface area contributed by atoms with Gasteiger partial charge in [0.2, 0.25) is 5.95 Å². The molecule has 0 unspecified atom stereocenters. The maximum absolute atomic E-state index is 10.4. The van der Waals surface area contributed by atoms with Crippen molar-refractivity contribution in [2.75, 3.05) is 11.1 Å². The first-order valence-electron chi connectivity index (χ1n) is 3.59. The van der Waals surface area contributed by atoms with Crippen LogP contribution in [0, 0.1) is 0 Å². The van der Waals surface area contributed by atoms with E-state index in [4.69, 9.17) is 16.6 Å². The number of nitrogen functional groups attached to an aromatic ring is 1. The van der Waals surface area contributed by atoms with Gasteiger partial charge in [-0.25, -0.2) is 14.6 Å². The molecular formula is C6H7N5O4. The van der Waals surface area contributed by atoms with Gasteiger partial charge in [-0.3, -0.25) is 5.32 Å². The summed E-state index contributed by atoms with van der Waals surface area (Å²) in [4.78, 5) is 27.6. The number of amides is 2. The standard InChI is InChI=1S/C6H7N5O4/c7-3-2(15-6(13)14)1-9-5(10-3)11-4(8)12/h1H,(H,13,14)(H5,7,8,9,10,11,12). The summed E-state index contributed by atoms with van der Waals surface area (Å²) in [5.41, 5.74) is 10.1. The van der Waals surface area contributed by atoms with Gasteiger partial charge in [0.05, 0.1) is 6.20 Å². The fourth-order valence-electron chi connectivity index (χ4n) is 0.727. The number of ether oxygens (including phenoxy) is 1. The third kappa shape index (κ3) is 2.99. The largest absolute Gasteiger partial charge is 0.511 e. The lowest BCUT2D eigenvalue weighted by Gasteiger charge is -2.04. The maximum Gasteiger partial charge on any atom is 0.511 e. The molecule has 0 saturated carbocycles. The van der Waals surface area contributed by atoms with Crippen LogP contribution in [0.5, 0.6) is 5.75 Å². The second kappa shape index (κ2) is 4.09. The number of aromatic nitrogens is 2. The highest BCUT2D eigenvalue weighted by molar-refractivity contribution is 5.85. The van der Waals surface area contributed by atoms with E-state index in [2.05, 4.69) is 20.0 Å². The quantitative estimate of drug-likeness (QED) is 0.487. The summed E-state index contributed by atoms with van der Waals surface area (Å²) in [7, 11) is 0. The number of carbonyl (C=O) groups is 2. The van der Waals surface area contributed by atoms with Crippen molar-refractivity contribution >= 4 is 24.0 Å². The van der Waals surface area contributed by atoms with E-state index in [1.807, 2.05) is 0 Å². The first-order chi connectivity index (χ1) is 6.99. The summed E-state index contributed by atoms with van der Waals surface area (Å²) in [6.45, 7) is 0. The molecule has 15 heavy (non-hydrogen) atoms. The van der Waals surface area contributed by atoms with Gasteiger partial charge in [0.25, 0.3) is 0 Å². The Morgan fingerprint density at radius 1 is 1.53 bits per heavy atom. The fourth-order valence-corrected chi connectivity index (χ4v) is 0.727. The number of nitrogens with two attached hydrogens (primary N) is 2. The first kappa shape index (κ1) is 10.5. The number of anilines is 2. The van der Waals surface area contributed by atoms with E-state index in [0.717, 1.165) is 6.20 Å². The second-order valence-corrected chi connectivity index (χ2v) is 2.30. The lowest BCUT2D eigenvalue weighted by Crippen LogP contribution is -2.21. The van der Waals surface area contributed by atoms with Crippen LogP contribution < -0.4 is 21.5 Å². The predicted octanol–water partition coefficient (Wildman–Crippen LogP) is -0.394. The van der Waals surface area contributed by atoms with E-state index in [1.54, 1.807) is 0 Å². The molecule has 0 aliphatic rings. The zero-order chi connectivity index (χ0) is 11.4. The average Bonchev–Trinajstić information content (AvgIpc) is 2.08. The van der Waals surface area contributed by atoms with Crippen LogP contribution in [0.1, 0.15) is 0 Å². The van der Waals surface area contributed by atoms with Crippen molar-refractivity contribution in [3.05, 3.63) is 6.20 Å². The van der Waals surface area contributed by atoms with Gasteiger partial charge in [-0.2, -0.15) is 4.98 Å². The Morgan fingerprint density at radius 2 is 2.20 bits per heavy atom. The van der Waals surface area contributed by atoms with Crippen molar-refractivity contribution in [1.29, 1.82) is 0 Å². The van der Waals surface area contributed by atoms with Crippen LogP contribution in [0.15, 0.2) is 6.20 Å². The Kier molecular flexibility index (Phi) is 2.86. The van der Waals surface area contributed by atoms with Crippen molar-refractivity contribution in [1.82, 2.24) is 9.97 Å². The number of nitrogens with zero attached hydrogens (tertiary/aromatic N) is 2. The number of carbonyl (C=O) groups excluding carboxylic acids is 1. The average molecular weight is 213 g/mol. The van der Waals surface area contributed by atoms with E-state index in [0.29, 0.717) is 0 Å². The van der Waals surface area contributed by atoms with Gasteiger partial charge in [-0.1, -0.05) is 0 Å². The van der Waals surface area contributed by atoms with E-state index in [9.17, 15) is 9.59 Å². The molecule has 80 valence electrons. The Labute approximate surface area is 83.1 Å². The summed E-state index contributed by atoms with van der Waals surface area (Å²) in [5, 5.41) is 10.3. The highest BCUT2D eigenvalue weighted by Crippen LogP contribution is 2.18. The van der Waals surface area contributed by atoms with E-state index in [-0.39, 0.29) is 17.5 Å². The highest BCUT2D eigenvalue weighted by atomic mass is 16.7. The third-order valence-corrected chi connectivity index (χ3v) is 1.22. The molecule has 0 atom stereocenters. The SMILES string of the molecule is NC(=O)Nc1ncc(OC(=O)O)c(N)n1. The summed E-state index contributed by atoms with van der Waals surface area (Å²) in [6, 6.07) is -0.860. The number of rotatable bonds is 2. The minimum absolute atomic E-state index is 0.141. The van der Waals surface area contributed by atoms with Crippen LogP contribution in [0.25, 0.3) is 0 Å². The molecule has 0 fully saturated rings. The fraction of sp³-hybridized carbons (Fsp3) is 0. The molecule has 0 bridgehead atoms. The normalized spacial score (nSPS) is 9.33. The lowest BCUT2D eigenvalue weighted by atomic mass is 10.5. The Hall–Kier alpha value is -2.58. The molecule has 9 heteroatoms. The molecular weight excluding hydrogens is 206 g/mol. The molecule has 0 aromatic carbocycles. The molecule has 1 heterocycles. The van der Waals surface area contributed by atoms with Gasteiger partial charge in [0, 0.05) is 0 Å². The minimum atomic E-state index is -1.54. The predicted molar refractivity (Wildman–Crippen MR) is 48.3 cm³/mol. The molecule has 0 saturated heterocycles. The molecule has 1 aromatic rings. The molecule has 1 aromatic heterocycles. The van der Waals surface area contributed by atoms with Crippen LogP contribution in [0.4, 0.5) is 21.4 Å². The highest BCUT2D eigenvalue weighted by Gasteiger charge is 2.09. The van der Waals surface area contributed by atoms with Crippen molar-refractivity contribution in [2.45, 2.75) is 0 Å². The molecule has 1 rings (SSSR count). The van der Waals surface area contributed by atoms with Crippen LogP contribution in [-0.4, -0.2) is 27.3 Å². The number of nitrogens with one attached hydrogen (secondary N) is 1. The Balaban J connectivity index is 2.87. The minimum Gasteiger partial charge on any atom is -0.449 e. The number of urea groups is 1. The topological polar surface area (TPSA) is 153 Å². The molecule has 0 radical (unpaired) electrons. The van der Waals surface area contributed by atoms with Gasteiger partial charge in [-0.15, -0.1) is 0 Å². The maximum atomic E-state index is 10.4. The van der Waals surface area contributed by atoms with Crippen molar-refractivity contribution in [2.24, 2.45) is 5.73 Å². The Morgan fingerprint density at radius 3 is 2.67 bits per heavy atom. The summed E-state index contributed by atoms with van der Waals surface area (Å²) in [6.07, 6.45) is -0.539. The number of hydrogen-bond acceptors (Lipinski definition) is 6. The molecule has 9 nitrogen and oxygen atoms in total. The van der Waals surface area contributed by atoms with Crippen LogP contribution in [0.3, 0.4) is 0 Å². The summed E-state index contributed by atoms with van der Waals surface area (Å²) < 4.78 is 4.23. The second-order valence-electron chi connectivity index (χ2n) is 2.30. The monoisotopic (exact) mass is 213 g/mol. The summed E-state index contributed by atoms with van der Waals surface area (Å²) >= 11 is 0. The van der Waals surface area contributed by atoms with Gasteiger partial charge in [-0.05, 0) is 0 Å². The van der Waals surface area contributed by atoms with Gasteiger partial charge < -0.3 is 21.3 Å². The van der Waals surface area contributed by atoms with E-state index in [1.165, 1.54) is 0 Å².